The molecular formula is C21H27F3N4O2. The molecule has 0 aromatic carbocycles. The van der Waals surface area contributed by atoms with Crippen LogP contribution in [0.5, 0.6) is 0 Å². The third-order valence-electron chi connectivity index (χ3n) is 6.25. The van der Waals surface area contributed by atoms with Crippen molar-refractivity contribution in [1.82, 2.24) is 15.6 Å². The van der Waals surface area contributed by atoms with Crippen LogP contribution < -0.4 is 16.0 Å². The molecule has 1 aliphatic heterocycles. The number of hydrogen-bond acceptors (Lipinski definition) is 4. The van der Waals surface area contributed by atoms with E-state index in [0.29, 0.717) is 30.9 Å². The summed E-state index contributed by atoms with van der Waals surface area (Å²) in [7, 11) is 0. The van der Waals surface area contributed by atoms with Crippen molar-refractivity contribution in [2.75, 3.05) is 11.9 Å². The highest BCUT2D eigenvalue weighted by atomic mass is 19.4. The quantitative estimate of drug-likeness (QED) is 0.442. The Morgan fingerprint density at radius 2 is 2.13 bits per heavy atom. The molecule has 30 heavy (non-hydrogen) atoms. The predicted molar refractivity (Wildman–Crippen MR) is 107 cm³/mol. The molecule has 6 nitrogen and oxygen atoms in total. The van der Waals surface area contributed by atoms with Crippen molar-refractivity contribution in [3.63, 3.8) is 0 Å². The normalized spacial score (nSPS) is 27.3. The van der Waals surface area contributed by atoms with Gasteiger partial charge in [0.25, 0.3) is 0 Å². The number of carbonyl (C=O) groups excluding carboxylic acids is 2. The molecule has 1 saturated carbocycles. The summed E-state index contributed by atoms with van der Waals surface area (Å²) in [5, 5.41) is 8.74. The highest BCUT2D eigenvalue weighted by Crippen LogP contribution is 2.59. The zero-order valence-electron chi connectivity index (χ0n) is 17.1. The Morgan fingerprint density at radius 1 is 1.40 bits per heavy atom. The Labute approximate surface area is 173 Å². The van der Waals surface area contributed by atoms with Gasteiger partial charge in [-0.3, -0.25) is 9.59 Å². The molecule has 0 unspecified atom stereocenters. The minimum atomic E-state index is -4.58. The summed E-state index contributed by atoms with van der Waals surface area (Å²) in [6, 6.07) is 1.73. The van der Waals surface area contributed by atoms with Crippen molar-refractivity contribution in [2.24, 2.45) is 11.3 Å². The van der Waals surface area contributed by atoms with E-state index in [4.69, 9.17) is 0 Å². The van der Waals surface area contributed by atoms with Crippen molar-refractivity contribution < 1.29 is 22.8 Å². The van der Waals surface area contributed by atoms with Crippen molar-refractivity contribution >= 4 is 17.6 Å². The zero-order valence-corrected chi connectivity index (χ0v) is 17.1. The van der Waals surface area contributed by atoms with Crippen LogP contribution in [-0.2, 0) is 15.8 Å². The molecule has 4 atom stereocenters. The van der Waals surface area contributed by atoms with Crippen molar-refractivity contribution in [3.05, 3.63) is 36.0 Å². The van der Waals surface area contributed by atoms with E-state index < -0.39 is 23.8 Å². The maximum Gasteiger partial charge on any atom is 0.433 e. The van der Waals surface area contributed by atoms with E-state index in [2.05, 4.69) is 34.4 Å². The average molecular weight is 424 g/mol. The Balaban J connectivity index is 1.58. The number of aromatic nitrogens is 1. The summed E-state index contributed by atoms with van der Waals surface area (Å²) < 4.78 is 38.7. The van der Waals surface area contributed by atoms with E-state index in [1.807, 2.05) is 0 Å². The van der Waals surface area contributed by atoms with Crippen LogP contribution in [0.3, 0.4) is 0 Å². The first-order chi connectivity index (χ1) is 14.1. The van der Waals surface area contributed by atoms with Crippen LogP contribution in [0.2, 0.25) is 0 Å². The van der Waals surface area contributed by atoms with E-state index >= 15 is 0 Å². The molecule has 3 rings (SSSR count). The lowest BCUT2D eigenvalue weighted by molar-refractivity contribution is -0.141. The molecule has 9 heteroatoms. The number of aryl methyl sites for hydroxylation is 1. The van der Waals surface area contributed by atoms with Gasteiger partial charge in [0.1, 0.15) is 11.5 Å². The number of hydrogen-bond donors (Lipinski definition) is 3. The number of amides is 2. The van der Waals surface area contributed by atoms with E-state index in [-0.39, 0.29) is 23.2 Å². The Bertz CT molecular complexity index is 842. The minimum absolute atomic E-state index is 0.0271. The van der Waals surface area contributed by atoms with E-state index in [9.17, 15) is 22.8 Å². The van der Waals surface area contributed by atoms with Crippen LogP contribution in [0.1, 0.15) is 43.9 Å². The SMILES string of the molecule is C=CCCCC(=O)NC[C@@]12C[C@@H](C(=O)Nc3nc(C(F)(F)F)ccc3C)N[C@@H]1[C@@H]2C. The van der Waals surface area contributed by atoms with Gasteiger partial charge in [-0.25, -0.2) is 4.98 Å². The number of piperidine rings is 1. The van der Waals surface area contributed by atoms with E-state index in [1.54, 1.807) is 13.0 Å². The van der Waals surface area contributed by atoms with Crippen LogP contribution in [0.15, 0.2) is 24.8 Å². The summed E-state index contributed by atoms with van der Waals surface area (Å²) in [5.74, 6) is -0.222. The summed E-state index contributed by atoms with van der Waals surface area (Å²) in [5.41, 5.74) is -0.795. The second kappa shape index (κ2) is 8.37. The van der Waals surface area contributed by atoms with Crippen LogP contribution in [0.25, 0.3) is 0 Å². The molecule has 1 aromatic rings. The fraction of sp³-hybridized carbons (Fsp3) is 0.571. The number of alkyl halides is 3. The molecule has 0 bridgehead atoms. The second-order valence-electron chi connectivity index (χ2n) is 8.23. The lowest BCUT2D eigenvalue weighted by Crippen LogP contribution is -2.40. The van der Waals surface area contributed by atoms with Gasteiger partial charge in [0, 0.05) is 24.4 Å². The van der Waals surface area contributed by atoms with Crippen LogP contribution in [0.4, 0.5) is 19.0 Å². The Morgan fingerprint density at radius 3 is 2.80 bits per heavy atom. The van der Waals surface area contributed by atoms with Gasteiger partial charge in [0.05, 0.1) is 6.04 Å². The van der Waals surface area contributed by atoms with Gasteiger partial charge in [-0.05, 0) is 43.7 Å². The molecule has 1 saturated heterocycles. The van der Waals surface area contributed by atoms with Gasteiger partial charge in [-0.15, -0.1) is 6.58 Å². The molecule has 1 aromatic heterocycles. The number of nitrogens with zero attached hydrogens (tertiary/aromatic N) is 1. The molecule has 0 radical (unpaired) electrons. The number of nitrogens with one attached hydrogen (secondary N) is 3. The minimum Gasteiger partial charge on any atom is -0.355 e. The van der Waals surface area contributed by atoms with Gasteiger partial charge in [0.2, 0.25) is 11.8 Å². The number of allylic oxidation sites excluding steroid dienone is 1. The number of fused-ring (bicyclic) bond motifs is 1. The van der Waals surface area contributed by atoms with E-state index in [1.165, 1.54) is 6.07 Å². The molecule has 2 amide bonds. The van der Waals surface area contributed by atoms with Crippen molar-refractivity contribution in [2.45, 2.75) is 57.8 Å². The number of halogens is 3. The number of rotatable bonds is 8. The molecule has 2 heterocycles. The largest absolute Gasteiger partial charge is 0.433 e. The third-order valence-corrected chi connectivity index (χ3v) is 6.25. The first kappa shape index (κ1) is 22.3. The predicted octanol–water partition coefficient (Wildman–Crippen LogP) is 3.19. The van der Waals surface area contributed by atoms with Gasteiger partial charge < -0.3 is 16.0 Å². The fourth-order valence-corrected chi connectivity index (χ4v) is 4.26. The standard InChI is InChI=1S/C21H27F3N4O2/c1-4-5-6-7-16(29)25-11-20-10-14(26-17(20)13(20)3)19(30)28-18-12(2)8-9-15(27-18)21(22,23)24/h4,8-9,13-14,17,26H,1,5-7,10-11H2,2-3H3,(H,25,29)(H,27,28,30)/t13-,14-,17+,20+/m0/s1. The van der Waals surface area contributed by atoms with Crippen molar-refractivity contribution in [1.29, 1.82) is 0 Å². The smallest absolute Gasteiger partial charge is 0.355 e. The number of anilines is 1. The molecule has 2 fully saturated rings. The molecule has 2 aliphatic rings. The van der Waals surface area contributed by atoms with Gasteiger partial charge in [0.15, 0.2) is 0 Å². The lowest BCUT2D eigenvalue weighted by Gasteiger charge is -2.19. The molecular weight excluding hydrogens is 397 g/mol. The maximum absolute atomic E-state index is 12.9. The highest BCUT2D eigenvalue weighted by Gasteiger charge is 2.67. The van der Waals surface area contributed by atoms with Crippen LogP contribution >= 0.6 is 0 Å². The van der Waals surface area contributed by atoms with E-state index in [0.717, 1.165) is 18.9 Å². The molecule has 1 aliphatic carbocycles. The second-order valence-corrected chi connectivity index (χ2v) is 8.23. The molecule has 0 spiro atoms. The Hall–Kier alpha value is -2.42. The summed E-state index contributed by atoms with van der Waals surface area (Å²) in [6.07, 6.45) is -0.341. The number of unbranched alkanes of at least 4 members (excludes halogenated alkanes) is 1. The summed E-state index contributed by atoms with van der Waals surface area (Å²) in [6.45, 7) is 7.76. The topological polar surface area (TPSA) is 83.1 Å². The van der Waals surface area contributed by atoms with Crippen molar-refractivity contribution in [3.8, 4) is 0 Å². The average Bonchev–Trinajstić information content (AvgIpc) is 3.03. The third kappa shape index (κ3) is 4.50. The summed E-state index contributed by atoms with van der Waals surface area (Å²) in [4.78, 5) is 28.2. The highest BCUT2D eigenvalue weighted by molar-refractivity contribution is 5.95. The van der Waals surface area contributed by atoms with Gasteiger partial charge in [-0.1, -0.05) is 19.1 Å². The number of pyridine rings is 1. The first-order valence-corrected chi connectivity index (χ1v) is 10.1. The monoisotopic (exact) mass is 424 g/mol. The van der Waals surface area contributed by atoms with Gasteiger partial charge in [-0.2, -0.15) is 13.2 Å². The molecule has 3 N–H and O–H groups in total. The lowest BCUT2D eigenvalue weighted by atomic mass is 9.96. The van der Waals surface area contributed by atoms with Crippen LogP contribution in [-0.4, -0.2) is 35.4 Å². The first-order valence-electron chi connectivity index (χ1n) is 10.1. The fourth-order valence-electron chi connectivity index (χ4n) is 4.26. The Kier molecular flexibility index (Phi) is 6.21. The van der Waals surface area contributed by atoms with Gasteiger partial charge >= 0.3 is 6.18 Å². The molecule has 164 valence electrons. The van der Waals surface area contributed by atoms with Crippen LogP contribution in [0, 0.1) is 18.3 Å². The summed E-state index contributed by atoms with van der Waals surface area (Å²) >= 11 is 0. The zero-order chi connectivity index (χ0) is 22.1. The maximum atomic E-state index is 12.9. The number of carbonyl (C=O) groups is 2.